The van der Waals surface area contributed by atoms with Crippen molar-refractivity contribution in [3.63, 3.8) is 0 Å². The lowest BCUT2D eigenvalue weighted by Crippen LogP contribution is -2.44. The molecular weight excluding hydrogens is 401 g/mol. The van der Waals surface area contributed by atoms with Crippen LogP contribution in [0.1, 0.15) is 18.0 Å². The average molecular weight is 413 g/mol. The molecule has 0 aromatic heterocycles. The van der Waals surface area contributed by atoms with Crippen molar-refractivity contribution in [3.05, 3.63) is 57.0 Å². The number of carboxylic acid groups (broad SMARTS) is 1. The van der Waals surface area contributed by atoms with E-state index >= 15 is 0 Å². The van der Waals surface area contributed by atoms with Crippen LogP contribution in [0.3, 0.4) is 0 Å². The van der Waals surface area contributed by atoms with Gasteiger partial charge in [-0.15, -0.1) is 0 Å². The molecule has 2 aromatic carbocycles. The maximum Gasteiger partial charge on any atom is 0.328 e. The Kier molecular flexibility index (Phi) is 5.39. The Bertz CT molecular complexity index is 898. The molecule has 0 fully saturated rings. The number of nitrogens with zero attached hydrogens (tertiary/aromatic N) is 2. The predicted molar refractivity (Wildman–Crippen MR) is 101 cm³/mol. The highest BCUT2D eigenvalue weighted by Crippen LogP contribution is 2.44. The average Bonchev–Trinajstić information content (AvgIpc) is 2.58. The third-order valence-corrected chi connectivity index (χ3v) is 4.82. The fraction of sp³-hybridized carbons (Fsp3) is 0.176. The molecule has 134 valence electrons. The molecule has 3 rings (SSSR count). The Morgan fingerprint density at radius 3 is 2.50 bits per heavy atom. The molecule has 1 aliphatic heterocycles. The van der Waals surface area contributed by atoms with Gasteiger partial charge in [0.15, 0.2) is 6.04 Å². The number of halogens is 3. The van der Waals surface area contributed by atoms with Crippen LogP contribution in [0.2, 0.25) is 15.1 Å². The fourth-order valence-corrected chi connectivity index (χ4v) is 3.71. The van der Waals surface area contributed by atoms with Crippen molar-refractivity contribution in [1.82, 2.24) is 0 Å². The van der Waals surface area contributed by atoms with Gasteiger partial charge in [0.1, 0.15) is 0 Å². The maximum absolute atomic E-state index is 11.7. The van der Waals surface area contributed by atoms with E-state index in [4.69, 9.17) is 34.8 Å². The number of hydrazone groups is 1. The normalized spacial score (nSPS) is 18.7. The molecule has 2 atom stereocenters. The largest absolute Gasteiger partial charge is 0.480 e. The molecule has 2 N–H and O–H groups in total. The molecule has 0 unspecified atom stereocenters. The van der Waals surface area contributed by atoms with E-state index < -0.39 is 18.1 Å². The number of carbonyl (C=O) groups is 1. The molecule has 2 aromatic rings. The van der Waals surface area contributed by atoms with Gasteiger partial charge in [0, 0.05) is 32.7 Å². The molecule has 0 saturated heterocycles. The van der Waals surface area contributed by atoms with Gasteiger partial charge in [-0.25, -0.2) is 14.6 Å². The molecule has 0 spiro atoms. The van der Waals surface area contributed by atoms with E-state index in [1.54, 1.807) is 30.3 Å². The number of isocyanates is 1. The summed E-state index contributed by atoms with van der Waals surface area (Å²) in [6, 6.07) is 8.55. The van der Waals surface area contributed by atoms with Gasteiger partial charge >= 0.3 is 5.97 Å². The summed E-state index contributed by atoms with van der Waals surface area (Å²) in [6.07, 6.45) is 1.51. The summed E-state index contributed by atoms with van der Waals surface area (Å²) in [5.41, 5.74) is 1.69. The summed E-state index contributed by atoms with van der Waals surface area (Å²) in [4.78, 5) is 22.5. The number of anilines is 2. The molecule has 9 heteroatoms. The Hall–Kier alpha value is -2.24. The highest BCUT2D eigenvalue weighted by atomic mass is 35.5. The summed E-state index contributed by atoms with van der Waals surface area (Å²) >= 11 is 18.3. The van der Waals surface area contributed by atoms with Gasteiger partial charge < -0.3 is 10.4 Å². The lowest BCUT2D eigenvalue weighted by Gasteiger charge is -2.37. The van der Waals surface area contributed by atoms with Crippen LogP contribution in [0.4, 0.5) is 11.4 Å². The molecule has 26 heavy (non-hydrogen) atoms. The van der Waals surface area contributed by atoms with Crippen molar-refractivity contribution in [1.29, 1.82) is 0 Å². The van der Waals surface area contributed by atoms with E-state index in [2.05, 4.69) is 10.4 Å². The number of hydrogen-bond acceptors (Lipinski definition) is 5. The van der Waals surface area contributed by atoms with Crippen LogP contribution in [0, 0.1) is 0 Å². The number of benzene rings is 2. The minimum Gasteiger partial charge on any atom is -0.480 e. The van der Waals surface area contributed by atoms with Gasteiger partial charge in [-0.2, -0.15) is 0 Å². The minimum atomic E-state index is -1.13. The van der Waals surface area contributed by atoms with Crippen molar-refractivity contribution < 1.29 is 14.7 Å². The zero-order valence-corrected chi connectivity index (χ0v) is 15.4. The van der Waals surface area contributed by atoms with E-state index in [9.17, 15) is 14.7 Å². The topological polar surface area (TPSA) is 82.0 Å². The number of hydrogen-bond donors (Lipinski definition) is 2. The van der Waals surface area contributed by atoms with Crippen LogP contribution in [-0.2, 0) is 9.59 Å². The first-order valence-electron chi connectivity index (χ1n) is 7.51. The molecular formula is C17H12Cl3N3O3. The lowest BCUT2D eigenvalue weighted by atomic mass is 9.91. The summed E-state index contributed by atoms with van der Waals surface area (Å²) < 4.78 is 0. The SMILES string of the molecule is O=C=NN1c2cc(Cl)cc(Cl)c2[C@@H](Nc2ccc(Cl)cc2)C[C@@H]1C(=O)O. The van der Waals surface area contributed by atoms with Gasteiger partial charge in [0.2, 0.25) is 0 Å². The smallest absolute Gasteiger partial charge is 0.328 e. The molecule has 0 amide bonds. The van der Waals surface area contributed by atoms with E-state index in [0.717, 1.165) is 10.7 Å². The fourth-order valence-electron chi connectivity index (χ4n) is 2.97. The highest BCUT2D eigenvalue weighted by Gasteiger charge is 2.39. The van der Waals surface area contributed by atoms with Gasteiger partial charge in [-0.05, 0) is 36.4 Å². The Balaban J connectivity index is 2.10. The summed E-state index contributed by atoms with van der Waals surface area (Å²) in [7, 11) is 0. The van der Waals surface area contributed by atoms with Crippen LogP contribution in [-0.4, -0.2) is 23.2 Å². The molecule has 1 heterocycles. The maximum atomic E-state index is 11.7. The van der Waals surface area contributed by atoms with Crippen molar-refractivity contribution >= 4 is 58.2 Å². The molecule has 6 nitrogen and oxygen atoms in total. The highest BCUT2D eigenvalue weighted by molar-refractivity contribution is 6.35. The van der Waals surface area contributed by atoms with Gasteiger partial charge in [0.25, 0.3) is 6.08 Å². The monoisotopic (exact) mass is 411 g/mol. The number of rotatable bonds is 4. The van der Waals surface area contributed by atoms with Crippen LogP contribution in [0.25, 0.3) is 0 Å². The minimum absolute atomic E-state index is 0.123. The number of aliphatic carboxylic acids is 1. The standard InChI is InChI=1S/C17H12Cl3N3O3/c18-9-1-3-11(4-2-9)22-13-7-15(17(25)26)23(21-8-24)14-6-10(19)5-12(20)16(13)14/h1-6,13,15,22H,7H2,(H,25,26)/t13-,15+/m0/s1. The first-order chi connectivity index (χ1) is 12.4. The van der Waals surface area contributed by atoms with Crippen LogP contribution in [0.5, 0.6) is 0 Å². The number of nitrogens with one attached hydrogen (secondary N) is 1. The first kappa shape index (κ1) is 18.5. The lowest BCUT2D eigenvalue weighted by molar-refractivity contribution is -0.139. The zero-order chi connectivity index (χ0) is 18.8. The quantitative estimate of drug-likeness (QED) is 0.561. The Morgan fingerprint density at radius 2 is 1.88 bits per heavy atom. The van der Waals surface area contributed by atoms with E-state index in [-0.39, 0.29) is 6.42 Å². The van der Waals surface area contributed by atoms with Gasteiger partial charge in [-0.1, -0.05) is 39.9 Å². The van der Waals surface area contributed by atoms with Crippen LogP contribution >= 0.6 is 34.8 Å². The van der Waals surface area contributed by atoms with Gasteiger partial charge in [-0.3, -0.25) is 0 Å². The molecule has 0 bridgehead atoms. The summed E-state index contributed by atoms with van der Waals surface area (Å²) in [5, 5.41) is 18.7. The number of fused-ring (bicyclic) bond motifs is 1. The van der Waals surface area contributed by atoms with Crippen molar-refractivity contribution in [3.8, 4) is 0 Å². The molecule has 0 saturated carbocycles. The first-order valence-corrected chi connectivity index (χ1v) is 8.65. The third kappa shape index (κ3) is 3.64. The predicted octanol–water partition coefficient (Wildman–Crippen LogP) is 4.71. The van der Waals surface area contributed by atoms with Crippen molar-refractivity contribution in [2.45, 2.75) is 18.5 Å². The van der Waals surface area contributed by atoms with E-state index in [1.165, 1.54) is 12.1 Å². The second kappa shape index (κ2) is 7.56. The number of carboxylic acids is 1. The van der Waals surface area contributed by atoms with Crippen LogP contribution < -0.4 is 10.3 Å². The zero-order valence-electron chi connectivity index (χ0n) is 13.1. The molecule has 1 aliphatic rings. The van der Waals surface area contributed by atoms with Crippen molar-refractivity contribution in [2.24, 2.45) is 5.10 Å². The number of carbonyl (C=O) groups excluding carboxylic acids is 1. The molecule has 0 aliphatic carbocycles. The summed E-state index contributed by atoms with van der Waals surface area (Å²) in [5.74, 6) is -1.13. The second-order valence-corrected chi connectivity index (χ2v) is 6.93. The Morgan fingerprint density at radius 1 is 1.19 bits per heavy atom. The second-order valence-electron chi connectivity index (χ2n) is 5.65. The van der Waals surface area contributed by atoms with Crippen LogP contribution in [0.15, 0.2) is 41.5 Å². The third-order valence-electron chi connectivity index (χ3n) is 4.04. The summed E-state index contributed by atoms with van der Waals surface area (Å²) in [6.45, 7) is 0. The van der Waals surface area contributed by atoms with E-state index in [0.29, 0.717) is 26.3 Å². The van der Waals surface area contributed by atoms with Crippen molar-refractivity contribution in [2.75, 3.05) is 10.3 Å². The van der Waals surface area contributed by atoms with E-state index in [1.807, 2.05) is 0 Å². The molecule has 0 radical (unpaired) electrons. The Labute approximate surface area is 164 Å². The van der Waals surface area contributed by atoms with Gasteiger partial charge in [0.05, 0.1) is 11.7 Å².